The van der Waals surface area contributed by atoms with Gasteiger partial charge in [0.1, 0.15) is 0 Å². The van der Waals surface area contributed by atoms with Crippen LogP contribution in [0.15, 0.2) is 54.6 Å². The second kappa shape index (κ2) is 9.47. The summed E-state index contributed by atoms with van der Waals surface area (Å²) in [6.07, 6.45) is 1.96. The lowest BCUT2D eigenvalue weighted by Crippen LogP contribution is -2.35. The Kier molecular flexibility index (Phi) is 7.01. The molecule has 0 aliphatic carbocycles. The molecule has 0 atom stereocenters. The fraction of sp³-hybridized carbons (Fsp3) is 0.300. The van der Waals surface area contributed by atoms with E-state index in [0.717, 1.165) is 24.1 Å². The molecular formula is C20H25N3O2. The van der Waals surface area contributed by atoms with Gasteiger partial charge in [0.15, 0.2) is 0 Å². The van der Waals surface area contributed by atoms with Gasteiger partial charge in [0, 0.05) is 31.4 Å². The van der Waals surface area contributed by atoms with Gasteiger partial charge in [0.05, 0.1) is 0 Å². The molecule has 0 spiro atoms. The molecule has 0 aromatic heterocycles. The van der Waals surface area contributed by atoms with Gasteiger partial charge >= 0.3 is 6.03 Å². The fourth-order valence-electron chi connectivity index (χ4n) is 2.45. The normalized spacial score (nSPS) is 10.2. The number of urea groups is 1. The maximum atomic E-state index is 12.6. The Labute approximate surface area is 149 Å². The Hall–Kier alpha value is -2.82. The molecule has 0 bridgehead atoms. The van der Waals surface area contributed by atoms with Gasteiger partial charge in [-0.25, -0.2) is 4.79 Å². The highest BCUT2D eigenvalue weighted by Gasteiger charge is 2.14. The second-order valence-corrected chi connectivity index (χ2v) is 5.85. The Bertz CT molecular complexity index is 684. The summed E-state index contributed by atoms with van der Waals surface area (Å²) in [5, 5.41) is 5.53. The second-order valence-electron chi connectivity index (χ2n) is 5.85. The molecule has 2 N–H and O–H groups in total. The number of rotatable bonds is 7. The Balaban J connectivity index is 2.06. The topological polar surface area (TPSA) is 61.4 Å². The molecule has 0 saturated heterocycles. The van der Waals surface area contributed by atoms with Crippen molar-refractivity contribution in [3.63, 3.8) is 0 Å². The van der Waals surface area contributed by atoms with E-state index < -0.39 is 0 Å². The number of para-hydroxylation sites is 1. The molecule has 3 amide bonds. The number of benzene rings is 2. The van der Waals surface area contributed by atoms with E-state index in [1.54, 1.807) is 24.1 Å². The van der Waals surface area contributed by atoms with Gasteiger partial charge in [0.25, 0.3) is 5.91 Å². The third-order valence-electron chi connectivity index (χ3n) is 3.91. The number of unbranched alkanes of at least 4 members (excludes halogenated alkanes) is 1. The third kappa shape index (κ3) is 5.64. The van der Waals surface area contributed by atoms with Crippen molar-refractivity contribution in [2.75, 3.05) is 18.9 Å². The summed E-state index contributed by atoms with van der Waals surface area (Å²) >= 11 is 0. The van der Waals surface area contributed by atoms with Gasteiger partial charge < -0.3 is 15.5 Å². The number of hydrogen-bond acceptors (Lipinski definition) is 2. The van der Waals surface area contributed by atoms with Crippen LogP contribution in [0, 0.1) is 0 Å². The minimum Gasteiger partial charge on any atom is -0.355 e. The van der Waals surface area contributed by atoms with Crippen LogP contribution in [-0.2, 0) is 6.54 Å². The summed E-state index contributed by atoms with van der Waals surface area (Å²) in [5.74, 6) is -0.115. The molecule has 0 aliphatic heterocycles. The van der Waals surface area contributed by atoms with Crippen molar-refractivity contribution < 1.29 is 9.59 Å². The van der Waals surface area contributed by atoms with Crippen LogP contribution in [0.2, 0.25) is 0 Å². The lowest BCUT2D eigenvalue weighted by Gasteiger charge is -2.23. The molecule has 0 saturated carbocycles. The van der Waals surface area contributed by atoms with E-state index in [4.69, 9.17) is 0 Å². The van der Waals surface area contributed by atoms with Crippen LogP contribution in [0.4, 0.5) is 10.5 Å². The first-order valence-corrected chi connectivity index (χ1v) is 8.56. The van der Waals surface area contributed by atoms with Crippen LogP contribution in [0.5, 0.6) is 0 Å². The molecule has 0 radical (unpaired) electrons. The highest BCUT2D eigenvalue weighted by atomic mass is 16.2. The van der Waals surface area contributed by atoms with Crippen molar-refractivity contribution in [2.24, 2.45) is 0 Å². The van der Waals surface area contributed by atoms with Crippen molar-refractivity contribution >= 4 is 17.6 Å². The van der Waals surface area contributed by atoms with E-state index in [2.05, 4.69) is 17.6 Å². The van der Waals surface area contributed by atoms with E-state index in [1.165, 1.54) is 0 Å². The van der Waals surface area contributed by atoms with E-state index in [1.807, 2.05) is 42.5 Å². The number of nitrogens with one attached hydrogen (secondary N) is 2. The van der Waals surface area contributed by atoms with Crippen molar-refractivity contribution in [3.8, 4) is 0 Å². The van der Waals surface area contributed by atoms with Gasteiger partial charge in [-0.15, -0.1) is 0 Å². The summed E-state index contributed by atoms with van der Waals surface area (Å²) in [6.45, 7) is 3.30. The van der Waals surface area contributed by atoms with Crippen molar-refractivity contribution in [1.29, 1.82) is 0 Å². The third-order valence-corrected chi connectivity index (χ3v) is 3.91. The standard InChI is InChI=1S/C20H25N3O2/c1-3-4-14-23(20(25)22-18-8-6-5-7-9-18)15-16-10-12-17(13-11-16)19(24)21-2/h5-13H,3-4,14-15H2,1-2H3,(H,21,24)(H,22,25). The maximum absolute atomic E-state index is 12.6. The number of hydrogen-bond donors (Lipinski definition) is 2. The van der Waals surface area contributed by atoms with Crippen molar-refractivity contribution in [3.05, 3.63) is 65.7 Å². The SMILES string of the molecule is CCCCN(Cc1ccc(C(=O)NC)cc1)C(=O)Nc1ccccc1. The Morgan fingerprint density at radius 1 is 1.00 bits per heavy atom. The average molecular weight is 339 g/mol. The van der Waals surface area contributed by atoms with Crippen LogP contribution in [0.3, 0.4) is 0 Å². The molecule has 0 aliphatic rings. The van der Waals surface area contributed by atoms with E-state index in [-0.39, 0.29) is 11.9 Å². The highest BCUT2D eigenvalue weighted by Crippen LogP contribution is 2.12. The molecule has 2 aromatic carbocycles. The highest BCUT2D eigenvalue weighted by molar-refractivity contribution is 5.94. The zero-order valence-corrected chi connectivity index (χ0v) is 14.8. The molecule has 2 aromatic rings. The van der Waals surface area contributed by atoms with Crippen LogP contribution in [0.1, 0.15) is 35.7 Å². The Morgan fingerprint density at radius 2 is 1.68 bits per heavy atom. The summed E-state index contributed by atoms with van der Waals surface area (Å²) in [4.78, 5) is 26.0. The minimum atomic E-state index is -0.116. The lowest BCUT2D eigenvalue weighted by molar-refractivity contribution is 0.0963. The largest absolute Gasteiger partial charge is 0.355 e. The molecule has 0 unspecified atom stereocenters. The lowest BCUT2D eigenvalue weighted by atomic mass is 10.1. The van der Waals surface area contributed by atoms with Crippen molar-refractivity contribution in [2.45, 2.75) is 26.3 Å². The first kappa shape index (κ1) is 18.5. The van der Waals surface area contributed by atoms with E-state index >= 15 is 0 Å². The zero-order valence-electron chi connectivity index (χ0n) is 14.8. The first-order valence-electron chi connectivity index (χ1n) is 8.56. The predicted octanol–water partition coefficient (Wildman–Crippen LogP) is 3.88. The van der Waals surface area contributed by atoms with E-state index in [9.17, 15) is 9.59 Å². The van der Waals surface area contributed by atoms with Crippen LogP contribution in [-0.4, -0.2) is 30.4 Å². The molecule has 2 rings (SSSR count). The summed E-state index contributed by atoms with van der Waals surface area (Å²) < 4.78 is 0. The maximum Gasteiger partial charge on any atom is 0.322 e. The number of carbonyl (C=O) groups is 2. The quantitative estimate of drug-likeness (QED) is 0.804. The van der Waals surface area contributed by atoms with Crippen LogP contribution >= 0.6 is 0 Å². The molecule has 5 heteroatoms. The van der Waals surface area contributed by atoms with Crippen LogP contribution in [0.25, 0.3) is 0 Å². The summed E-state index contributed by atoms with van der Waals surface area (Å²) in [5.41, 5.74) is 2.39. The summed E-state index contributed by atoms with van der Waals surface area (Å²) in [6, 6.07) is 16.7. The predicted molar refractivity (Wildman–Crippen MR) is 101 cm³/mol. The monoisotopic (exact) mass is 339 g/mol. The van der Waals surface area contributed by atoms with Gasteiger partial charge in [-0.05, 0) is 36.2 Å². The van der Waals surface area contributed by atoms with E-state index in [0.29, 0.717) is 18.7 Å². The molecule has 5 nitrogen and oxygen atoms in total. The Morgan fingerprint density at radius 3 is 2.28 bits per heavy atom. The molecular weight excluding hydrogens is 314 g/mol. The van der Waals surface area contributed by atoms with Gasteiger partial charge in [-0.3, -0.25) is 4.79 Å². The minimum absolute atomic E-state index is 0.115. The number of carbonyl (C=O) groups excluding carboxylic acids is 2. The average Bonchev–Trinajstić information content (AvgIpc) is 2.65. The van der Waals surface area contributed by atoms with Crippen LogP contribution < -0.4 is 10.6 Å². The fourth-order valence-corrected chi connectivity index (χ4v) is 2.45. The molecule has 25 heavy (non-hydrogen) atoms. The molecule has 0 heterocycles. The van der Waals surface area contributed by atoms with Gasteiger partial charge in [0.2, 0.25) is 0 Å². The first-order chi connectivity index (χ1) is 12.1. The zero-order chi connectivity index (χ0) is 18.1. The molecule has 0 fully saturated rings. The van der Waals surface area contributed by atoms with Gasteiger partial charge in [-0.1, -0.05) is 43.7 Å². The smallest absolute Gasteiger partial charge is 0.322 e. The number of amides is 3. The van der Waals surface area contributed by atoms with Gasteiger partial charge in [-0.2, -0.15) is 0 Å². The summed E-state index contributed by atoms with van der Waals surface area (Å²) in [7, 11) is 1.61. The molecule has 132 valence electrons. The van der Waals surface area contributed by atoms with Crippen molar-refractivity contribution in [1.82, 2.24) is 10.2 Å². The number of anilines is 1. The number of nitrogens with zero attached hydrogens (tertiary/aromatic N) is 1.